The minimum atomic E-state index is -4.62. The third kappa shape index (κ3) is 5.50. The van der Waals surface area contributed by atoms with E-state index in [2.05, 4.69) is 25.9 Å². The van der Waals surface area contributed by atoms with E-state index in [1.165, 1.54) is 18.2 Å². The molecular formula is C28H20F3N7O2. The lowest BCUT2D eigenvalue weighted by molar-refractivity contribution is -0.137. The van der Waals surface area contributed by atoms with Crippen LogP contribution >= 0.6 is 0 Å². The highest BCUT2D eigenvalue weighted by molar-refractivity contribution is 6.05. The van der Waals surface area contributed by atoms with Crippen molar-refractivity contribution in [2.75, 3.05) is 10.2 Å². The number of rotatable bonds is 6. The molecule has 40 heavy (non-hydrogen) atoms. The molecule has 0 bridgehead atoms. The lowest BCUT2D eigenvalue weighted by Crippen LogP contribution is -2.32. The van der Waals surface area contributed by atoms with E-state index in [1.807, 2.05) is 18.2 Å². The predicted octanol–water partition coefficient (Wildman–Crippen LogP) is 6.02. The number of anilines is 3. The first-order valence-electron chi connectivity index (χ1n) is 11.8. The normalized spacial score (nSPS) is 11.2. The van der Waals surface area contributed by atoms with E-state index in [9.17, 15) is 22.8 Å². The number of tetrazole rings is 1. The lowest BCUT2D eigenvalue weighted by Gasteiger charge is -2.24. The van der Waals surface area contributed by atoms with Gasteiger partial charge in [-0.3, -0.25) is 9.69 Å². The Kier molecular flexibility index (Phi) is 6.98. The van der Waals surface area contributed by atoms with Crippen molar-refractivity contribution in [3.8, 4) is 22.5 Å². The van der Waals surface area contributed by atoms with Gasteiger partial charge in [0, 0.05) is 16.8 Å². The number of carbonyl (C=O) groups excluding carboxylic acids is 2. The van der Waals surface area contributed by atoms with Crippen LogP contribution in [0.5, 0.6) is 0 Å². The number of para-hydroxylation sites is 1. The molecule has 1 heterocycles. The molecule has 5 rings (SSSR count). The summed E-state index contributed by atoms with van der Waals surface area (Å²) in [6.07, 6.45) is -4.62. The maximum absolute atomic E-state index is 13.4. The van der Waals surface area contributed by atoms with Crippen LogP contribution in [-0.2, 0) is 6.18 Å². The number of nitrogens with zero attached hydrogens (tertiary/aromatic N) is 4. The number of carbonyl (C=O) groups is 2. The fourth-order valence-electron chi connectivity index (χ4n) is 4.12. The van der Waals surface area contributed by atoms with E-state index in [0.717, 1.165) is 22.6 Å². The largest absolute Gasteiger partial charge is 0.416 e. The summed E-state index contributed by atoms with van der Waals surface area (Å²) in [5.41, 5.74) is 7.58. The van der Waals surface area contributed by atoms with Crippen LogP contribution in [0, 0.1) is 0 Å². The Morgan fingerprint density at radius 2 is 1.57 bits per heavy atom. The van der Waals surface area contributed by atoms with Gasteiger partial charge in [-0.1, -0.05) is 42.5 Å². The van der Waals surface area contributed by atoms with Crippen LogP contribution in [0.15, 0.2) is 97.1 Å². The zero-order valence-electron chi connectivity index (χ0n) is 20.6. The SMILES string of the molecule is NC(=O)N(c1cccc(C(F)(F)F)c1)c1ccc(-c2ccc(C(=O)Nc3ccccc3)cc2)cc1-c1nnn[nH]1. The van der Waals surface area contributed by atoms with Crippen LogP contribution in [0.1, 0.15) is 15.9 Å². The summed E-state index contributed by atoms with van der Waals surface area (Å²) in [7, 11) is 0. The number of benzene rings is 4. The number of urea groups is 1. The maximum Gasteiger partial charge on any atom is 0.416 e. The second-order valence-corrected chi connectivity index (χ2v) is 8.60. The fraction of sp³-hybridized carbons (Fsp3) is 0.0357. The first-order chi connectivity index (χ1) is 19.2. The van der Waals surface area contributed by atoms with Gasteiger partial charge in [-0.15, -0.1) is 5.10 Å². The fourth-order valence-corrected chi connectivity index (χ4v) is 4.12. The Balaban J connectivity index is 1.51. The highest BCUT2D eigenvalue weighted by atomic mass is 19.4. The van der Waals surface area contributed by atoms with Gasteiger partial charge in [-0.05, 0) is 76.2 Å². The molecule has 0 spiro atoms. The van der Waals surface area contributed by atoms with Gasteiger partial charge in [0.05, 0.1) is 16.9 Å². The topological polar surface area (TPSA) is 130 Å². The summed E-state index contributed by atoms with van der Waals surface area (Å²) in [5, 5.41) is 16.5. The zero-order chi connectivity index (χ0) is 28.3. The number of nitrogens with two attached hydrogens (primary N) is 1. The number of H-pyrrole nitrogens is 1. The molecule has 4 aromatic carbocycles. The Labute approximate surface area is 225 Å². The molecule has 1 aromatic heterocycles. The number of halogens is 3. The predicted molar refractivity (Wildman–Crippen MR) is 143 cm³/mol. The Morgan fingerprint density at radius 1 is 0.850 bits per heavy atom. The van der Waals surface area contributed by atoms with Gasteiger partial charge in [0.25, 0.3) is 5.91 Å². The van der Waals surface area contributed by atoms with Crippen molar-refractivity contribution in [3.63, 3.8) is 0 Å². The maximum atomic E-state index is 13.4. The Morgan fingerprint density at radius 3 is 2.23 bits per heavy atom. The molecule has 0 saturated heterocycles. The van der Waals surface area contributed by atoms with Crippen molar-refractivity contribution < 1.29 is 22.8 Å². The highest BCUT2D eigenvalue weighted by Gasteiger charge is 2.32. The first-order valence-corrected chi connectivity index (χ1v) is 11.8. The molecule has 0 aliphatic heterocycles. The van der Waals surface area contributed by atoms with Crippen molar-refractivity contribution in [2.24, 2.45) is 5.73 Å². The lowest BCUT2D eigenvalue weighted by atomic mass is 9.99. The molecular weight excluding hydrogens is 523 g/mol. The molecule has 0 aliphatic carbocycles. The van der Waals surface area contributed by atoms with Crippen LogP contribution in [0.2, 0.25) is 0 Å². The summed E-state index contributed by atoms with van der Waals surface area (Å²) in [5.74, 6) is -0.117. The monoisotopic (exact) mass is 543 g/mol. The average molecular weight is 544 g/mol. The molecule has 200 valence electrons. The van der Waals surface area contributed by atoms with Crippen molar-refractivity contribution in [2.45, 2.75) is 6.18 Å². The molecule has 3 amide bonds. The number of primary amides is 1. The number of aromatic nitrogens is 4. The molecule has 12 heteroatoms. The first kappa shape index (κ1) is 26.1. The van der Waals surface area contributed by atoms with E-state index in [-0.39, 0.29) is 23.1 Å². The molecule has 0 aliphatic rings. The molecule has 0 radical (unpaired) electrons. The standard InChI is InChI=1S/C28H20F3N7O2/c29-28(30,31)20-5-4-8-22(16-20)38(27(32)40)24-14-13-19(15-23(24)25-34-36-37-35-25)17-9-11-18(12-10-17)26(39)33-21-6-2-1-3-7-21/h1-16H,(H2,32,40)(H,33,39)(H,34,35,36,37). The molecule has 0 atom stereocenters. The summed E-state index contributed by atoms with van der Waals surface area (Å²) in [6.45, 7) is 0. The minimum Gasteiger partial charge on any atom is -0.351 e. The van der Waals surface area contributed by atoms with Crippen LogP contribution in [-0.4, -0.2) is 32.6 Å². The second kappa shape index (κ2) is 10.7. The number of alkyl halides is 3. The zero-order valence-corrected chi connectivity index (χ0v) is 20.6. The van der Waals surface area contributed by atoms with E-state index in [4.69, 9.17) is 5.73 Å². The highest BCUT2D eigenvalue weighted by Crippen LogP contribution is 2.39. The van der Waals surface area contributed by atoms with Crippen LogP contribution < -0.4 is 16.0 Å². The minimum absolute atomic E-state index is 0.0856. The number of hydrogen-bond donors (Lipinski definition) is 3. The summed E-state index contributed by atoms with van der Waals surface area (Å²) in [6, 6.07) is 24.0. The van der Waals surface area contributed by atoms with Crippen molar-refractivity contribution >= 4 is 29.0 Å². The molecule has 0 fully saturated rings. The van der Waals surface area contributed by atoms with Gasteiger partial charge >= 0.3 is 12.2 Å². The Hall–Kier alpha value is -5.52. The number of amides is 3. The van der Waals surface area contributed by atoms with Gasteiger partial charge in [-0.2, -0.15) is 13.2 Å². The molecule has 0 saturated carbocycles. The summed E-state index contributed by atoms with van der Waals surface area (Å²) in [4.78, 5) is 26.1. The van der Waals surface area contributed by atoms with Gasteiger partial charge in [-0.25, -0.2) is 9.89 Å². The van der Waals surface area contributed by atoms with E-state index in [0.29, 0.717) is 22.4 Å². The summed E-state index contributed by atoms with van der Waals surface area (Å²) >= 11 is 0. The summed E-state index contributed by atoms with van der Waals surface area (Å²) < 4.78 is 40.1. The van der Waals surface area contributed by atoms with Gasteiger partial charge in [0.15, 0.2) is 5.82 Å². The third-order valence-corrected chi connectivity index (χ3v) is 6.00. The van der Waals surface area contributed by atoms with E-state index in [1.54, 1.807) is 48.5 Å². The van der Waals surface area contributed by atoms with Crippen molar-refractivity contribution in [3.05, 3.63) is 108 Å². The van der Waals surface area contributed by atoms with E-state index >= 15 is 0 Å². The van der Waals surface area contributed by atoms with Crippen LogP contribution in [0.4, 0.5) is 35.0 Å². The van der Waals surface area contributed by atoms with Gasteiger partial charge in [0.2, 0.25) is 0 Å². The quantitative estimate of drug-likeness (QED) is 0.241. The number of hydrogen-bond acceptors (Lipinski definition) is 5. The smallest absolute Gasteiger partial charge is 0.351 e. The molecule has 0 unspecified atom stereocenters. The molecule has 9 nitrogen and oxygen atoms in total. The van der Waals surface area contributed by atoms with Gasteiger partial charge < -0.3 is 11.1 Å². The average Bonchev–Trinajstić information content (AvgIpc) is 3.49. The molecule has 5 aromatic rings. The number of aromatic amines is 1. The van der Waals surface area contributed by atoms with Crippen molar-refractivity contribution in [1.29, 1.82) is 0 Å². The number of nitrogens with one attached hydrogen (secondary N) is 2. The molecule has 4 N–H and O–H groups in total. The van der Waals surface area contributed by atoms with Gasteiger partial charge in [0.1, 0.15) is 0 Å². The third-order valence-electron chi connectivity index (χ3n) is 6.00. The van der Waals surface area contributed by atoms with E-state index < -0.39 is 17.8 Å². The van der Waals surface area contributed by atoms with Crippen LogP contribution in [0.25, 0.3) is 22.5 Å². The Bertz CT molecular complexity index is 1660. The van der Waals surface area contributed by atoms with Crippen molar-refractivity contribution in [1.82, 2.24) is 20.6 Å². The van der Waals surface area contributed by atoms with Crippen LogP contribution in [0.3, 0.4) is 0 Å². The second-order valence-electron chi connectivity index (χ2n) is 8.60.